The van der Waals surface area contributed by atoms with Crippen LogP contribution in [0.3, 0.4) is 0 Å². The zero-order chi connectivity index (χ0) is 19.7. The Kier molecular flexibility index (Phi) is 8.54. The molecule has 0 aliphatic carbocycles. The van der Waals surface area contributed by atoms with Gasteiger partial charge in [0.25, 0.3) is 0 Å². The number of aliphatic imine (C=N–C) groups is 1. The second kappa shape index (κ2) is 10.6. The number of nitrogens with zero attached hydrogens (tertiary/aromatic N) is 3. The molecule has 2 atom stereocenters. The Labute approximate surface area is 164 Å². The summed E-state index contributed by atoms with van der Waals surface area (Å²) in [4.78, 5) is 9.54. The van der Waals surface area contributed by atoms with Crippen molar-refractivity contribution in [3.05, 3.63) is 35.9 Å². The number of likely N-dealkylation sites (N-methyl/N-ethyl adjacent to an activating group) is 1. The molecule has 0 saturated carbocycles. The lowest BCUT2D eigenvalue weighted by molar-refractivity contribution is 0.0672. The van der Waals surface area contributed by atoms with Crippen LogP contribution in [-0.4, -0.2) is 80.3 Å². The molecule has 27 heavy (non-hydrogen) atoms. The minimum atomic E-state index is -0.977. The molecule has 1 fully saturated rings. The lowest BCUT2D eigenvalue weighted by atomic mass is 9.96. The van der Waals surface area contributed by atoms with Crippen molar-refractivity contribution in [2.75, 3.05) is 59.4 Å². The van der Waals surface area contributed by atoms with Crippen molar-refractivity contribution in [2.45, 2.75) is 26.4 Å². The molecule has 1 aromatic carbocycles. The molecule has 1 aliphatic heterocycles. The lowest BCUT2D eigenvalue weighted by Gasteiger charge is -2.34. The van der Waals surface area contributed by atoms with E-state index in [2.05, 4.69) is 46.3 Å². The highest BCUT2D eigenvalue weighted by molar-refractivity contribution is 5.79. The monoisotopic (exact) mass is 375 g/mol. The van der Waals surface area contributed by atoms with Gasteiger partial charge < -0.3 is 25.5 Å². The summed E-state index contributed by atoms with van der Waals surface area (Å²) < 4.78 is 0. The number of benzene rings is 1. The zero-order valence-electron chi connectivity index (χ0n) is 17.4. The molecule has 1 aromatic rings. The van der Waals surface area contributed by atoms with Crippen molar-refractivity contribution in [3.8, 4) is 0 Å². The summed E-state index contributed by atoms with van der Waals surface area (Å²) in [6.07, 6.45) is 0. The molecule has 2 rings (SSSR count). The molecule has 2 unspecified atom stereocenters. The highest BCUT2D eigenvalue weighted by atomic mass is 16.3. The number of guanidine groups is 1. The van der Waals surface area contributed by atoms with Crippen molar-refractivity contribution >= 4 is 5.96 Å². The highest BCUT2D eigenvalue weighted by Gasteiger charge is 2.22. The maximum atomic E-state index is 10.7. The van der Waals surface area contributed by atoms with Gasteiger partial charge >= 0.3 is 0 Å². The summed E-state index contributed by atoms with van der Waals surface area (Å²) in [6, 6.07) is 9.71. The largest absolute Gasteiger partial charge is 0.384 e. The Morgan fingerprint density at radius 3 is 2.48 bits per heavy atom. The van der Waals surface area contributed by atoms with Gasteiger partial charge in [0.2, 0.25) is 0 Å². The van der Waals surface area contributed by atoms with E-state index in [0.717, 1.165) is 57.3 Å². The first kappa shape index (κ1) is 21.7. The minimum Gasteiger partial charge on any atom is -0.384 e. The van der Waals surface area contributed by atoms with Gasteiger partial charge in [-0.2, -0.15) is 0 Å². The van der Waals surface area contributed by atoms with E-state index >= 15 is 0 Å². The quantitative estimate of drug-likeness (QED) is 0.473. The molecule has 1 heterocycles. The fourth-order valence-electron chi connectivity index (χ4n) is 3.27. The third kappa shape index (κ3) is 7.48. The van der Waals surface area contributed by atoms with Gasteiger partial charge in [-0.3, -0.25) is 0 Å². The Morgan fingerprint density at radius 2 is 1.85 bits per heavy atom. The van der Waals surface area contributed by atoms with E-state index in [1.165, 1.54) is 0 Å². The molecular formula is C21H37N5O. The molecule has 1 saturated heterocycles. The van der Waals surface area contributed by atoms with Crippen molar-refractivity contribution in [1.82, 2.24) is 20.4 Å². The Balaban J connectivity index is 1.84. The van der Waals surface area contributed by atoms with Gasteiger partial charge in [-0.25, -0.2) is 4.99 Å². The second-order valence-corrected chi connectivity index (χ2v) is 7.93. The number of piperazine rings is 1. The number of nitrogens with one attached hydrogen (secondary N) is 2. The SMILES string of the molecule is CCNC(=NCC(C)(O)c1ccccc1)NCC(C)CN1CCN(C)CC1. The fraction of sp³-hybridized carbons (Fsp3) is 0.667. The van der Waals surface area contributed by atoms with E-state index in [1.807, 2.05) is 37.3 Å². The van der Waals surface area contributed by atoms with Crippen LogP contribution in [0.4, 0.5) is 0 Å². The summed E-state index contributed by atoms with van der Waals surface area (Å²) in [5.74, 6) is 1.30. The Morgan fingerprint density at radius 1 is 1.19 bits per heavy atom. The molecule has 1 aliphatic rings. The molecule has 0 spiro atoms. The van der Waals surface area contributed by atoms with Crippen LogP contribution in [0.1, 0.15) is 26.3 Å². The van der Waals surface area contributed by atoms with Crippen LogP contribution in [0, 0.1) is 5.92 Å². The van der Waals surface area contributed by atoms with Crippen molar-refractivity contribution in [1.29, 1.82) is 0 Å². The summed E-state index contributed by atoms with van der Waals surface area (Å²) in [5.41, 5.74) is -0.0947. The van der Waals surface area contributed by atoms with Gasteiger partial charge in [0.1, 0.15) is 5.60 Å². The first-order chi connectivity index (χ1) is 12.9. The molecule has 3 N–H and O–H groups in total. The number of hydrogen-bond donors (Lipinski definition) is 3. The first-order valence-corrected chi connectivity index (χ1v) is 10.1. The highest BCUT2D eigenvalue weighted by Crippen LogP contribution is 2.20. The standard InChI is InChI=1S/C21H37N5O/c1-5-22-20(24-17-21(3,27)19-9-7-6-8-10-19)23-15-18(2)16-26-13-11-25(4)12-14-26/h6-10,18,27H,5,11-17H2,1-4H3,(H2,22,23,24). The summed E-state index contributed by atoms with van der Waals surface area (Å²) in [6.45, 7) is 13.8. The molecular weight excluding hydrogens is 338 g/mol. The molecule has 6 heteroatoms. The number of aliphatic hydroxyl groups is 1. The smallest absolute Gasteiger partial charge is 0.191 e. The average Bonchev–Trinajstić information content (AvgIpc) is 2.66. The first-order valence-electron chi connectivity index (χ1n) is 10.1. The molecule has 0 radical (unpaired) electrons. The maximum absolute atomic E-state index is 10.7. The summed E-state index contributed by atoms with van der Waals surface area (Å²) in [7, 11) is 2.19. The van der Waals surface area contributed by atoms with Crippen LogP contribution in [0.2, 0.25) is 0 Å². The van der Waals surface area contributed by atoms with Crippen molar-refractivity contribution in [3.63, 3.8) is 0 Å². The third-order valence-electron chi connectivity index (χ3n) is 5.07. The third-order valence-corrected chi connectivity index (χ3v) is 5.07. The van der Waals surface area contributed by atoms with Crippen molar-refractivity contribution < 1.29 is 5.11 Å². The van der Waals surface area contributed by atoms with E-state index in [4.69, 9.17) is 0 Å². The zero-order valence-corrected chi connectivity index (χ0v) is 17.4. The van der Waals surface area contributed by atoms with Gasteiger partial charge in [-0.05, 0) is 32.4 Å². The topological polar surface area (TPSA) is 63.1 Å². The maximum Gasteiger partial charge on any atom is 0.191 e. The summed E-state index contributed by atoms with van der Waals surface area (Å²) >= 11 is 0. The normalized spacial score (nSPS) is 20.1. The van der Waals surface area contributed by atoms with Crippen LogP contribution < -0.4 is 10.6 Å². The van der Waals surface area contributed by atoms with E-state index < -0.39 is 5.60 Å². The van der Waals surface area contributed by atoms with Crippen molar-refractivity contribution in [2.24, 2.45) is 10.9 Å². The van der Waals surface area contributed by atoms with Gasteiger partial charge in [-0.1, -0.05) is 37.3 Å². The Bertz CT molecular complexity index is 567. The molecule has 6 nitrogen and oxygen atoms in total. The van der Waals surface area contributed by atoms with E-state index in [1.54, 1.807) is 0 Å². The van der Waals surface area contributed by atoms with Gasteiger partial charge in [0.05, 0.1) is 6.54 Å². The average molecular weight is 376 g/mol. The van der Waals surface area contributed by atoms with Gasteiger partial charge in [-0.15, -0.1) is 0 Å². The fourth-order valence-corrected chi connectivity index (χ4v) is 3.27. The van der Waals surface area contributed by atoms with Gasteiger partial charge in [0, 0.05) is 45.8 Å². The van der Waals surface area contributed by atoms with Crippen LogP contribution in [0.25, 0.3) is 0 Å². The minimum absolute atomic E-state index is 0.319. The number of rotatable bonds is 8. The Hall–Kier alpha value is -1.63. The molecule has 0 bridgehead atoms. The van der Waals surface area contributed by atoms with E-state index in [-0.39, 0.29) is 0 Å². The van der Waals surface area contributed by atoms with Crippen LogP contribution >= 0.6 is 0 Å². The predicted molar refractivity (Wildman–Crippen MR) is 113 cm³/mol. The summed E-state index contributed by atoms with van der Waals surface area (Å²) in [5, 5.41) is 17.5. The predicted octanol–water partition coefficient (Wildman–Crippen LogP) is 1.33. The van der Waals surface area contributed by atoms with Gasteiger partial charge in [0.15, 0.2) is 5.96 Å². The van der Waals surface area contributed by atoms with Crippen LogP contribution in [0.5, 0.6) is 0 Å². The van der Waals surface area contributed by atoms with Crippen LogP contribution in [0.15, 0.2) is 35.3 Å². The second-order valence-electron chi connectivity index (χ2n) is 7.93. The van der Waals surface area contributed by atoms with E-state index in [9.17, 15) is 5.11 Å². The number of hydrogen-bond acceptors (Lipinski definition) is 4. The lowest BCUT2D eigenvalue weighted by Crippen LogP contribution is -2.47. The molecule has 0 amide bonds. The molecule has 0 aromatic heterocycles. The van der Waals surface area contributed by atoms with E-state index in [0.29, 0.717) is 12.5 Å². The van der Waals surface area contributed by atoms with Crippen LogP contribution in [-0.2, 0) is 5.60 Å². The molecule has 152 valence electrons.